The summed E-state index contributed by atoms with van der Waals surface area (Å²) in [5, 5.41) is 6.01. The molecular formula is C23H27N3O2S. The van der Waals surface area contributed by atoms with E-state index in [0.717, 1.165) is 36.0 Å². The van der Waals surface area contributed by atoms with E-state index in [1.54, 1.807) is 23.5 Å². The van der Waals surface area contributed by atoms with Crippen molar-refractivity contribution in [3.8, 4) is 5.75 Å². The number of hydrogen-bond acceptors (Lipinski definition) is 5. The molecule has 29 heavy (non-hydrogen) atoms. The highest BCUT2D eigenvalue weighted by atomic mass is 32.1. The van der Waals surface area contributed by atoms with Gasteiger partial charge < -0.3 is 15.0 Å². The molecule has 3 aromatic rings. The van der Waals surface area contributed by atoms with Crippen LogP contribution in [-0.2, 0) is 13.2 Å². The van der Waals surface area contributed by atoms with Crippen LogP contribution in [0.5, 0.6) is 5.75 Å². The minimum absolute atomic E-state index is 0.0580. The van der Waals surface area contributed by atoms with Crippen molar-refractivity contribution >= 4 is 17.2 Å². The third-order valence-electron chi connectivity index (χ3n) is 4.47. The summed E-state index contributed by atoms with van der Waals surface area (Å²) in [6.07, 6.45) is 0.906. The first-order valence-corrected chi connectivity index (χ1v) is 10.6. The number of hydrogen-bond donors (Lipinski definition) is 1. The lowest BCUT2D eigenvalue weighted by molar-refractivity contribution is 0.0952. The second-order valence-corrected chi connectivity index (χ2v) is 8.07. The highest BCUT2D eigenvalue weighted by Gasteiger charge is 2.06. The van der Waals surface area contributed by atoms with Crippen molar-refractivity contribution in [1.82, 2.24) is 15.2 Å². The molecule has 0 bridgehead atoms. The van der Waals surface area contributed by atoms with Crippen LogP contribution in [-0.4, -0.2) is 35.9 Å². The van der Waals surface area contributed by atoms with Gasteiger partial charge in [0.1, 0.15) is 12.4 Å². The lowest BCUT2D eigenvalue weighted by Crippen LogP contribution is -2.28. The first-order valence-electron chi connectivity index (χ1n) is 9.75. The molecule has 0 aliphatic heterocycles. The lowest BCUT2D eigenvalue weighted by Gasteiger charge is -2.16. The number of benzene rings is 2. The predicted octanol–water partition coefficient (Wildman–Crippen LogP) is 4.28. The molecule has 0 aliphatic rings. The number of carbonyl (C=O) groups is 1. The third-order valence-corrected chi connectivity index (χ3v) is 5.29. The van der Waals surface area contributed by atoms with Gasteiger partial charge in [-0.1, -0.05) is 30.3 Å². The van der Waals surface area contributed by atoms with Gasteiger partial charge in [-0.2, -0.15) is 0 Å². The molecule has 6 heteroatoms. The Bertz CT molecular complexity index is 894. The van der Waals surface area contributed by atoms with Crippen molar-refractivity contribution in [2.24, 2.45) is 0 Å². The highest BCUT2D eigenvalue weighted by Crippen LogP contribution is 2.15. The van der Waals surface area contributed by atoms with Gasteiger partial charge in [0.15, 0.2) is 0 Å². The zero-order valence-corrected chi connectivity index (χ0v) is 17.7. The van der Waals surface area contributed by atoms with Crippen LogP contribution >= 0.6 is 11.3 Å². The van der Waals surface area contributed by atoms with E-state index in [1.165, 1.54) is 5.56 Å². The molecular weight excluding hydrogens is 382 g/mol. The Morgan fingerprint density at radius 2 is 1.90 bits per heavy atom. The summed E-state index contributed by atoms with van der Waals surface area (Å²) in [4.78, 5) is 18.9. The number of rotatable bonds is 10. The van der Waals surface area contributed by atoms with Crippen molar-refractivity contribution in [2.45, 2.75) is 26.5 Å². The minimum atomic E-state index is -0.0580. The molecule has 1 aromatic heterocycles. The van der Waals surface area contributed by atoms with Crippen molar-refractivity contribution in [2.75, 3.05) is 20.1 Å². The first kappa shape index (κ1) is 21.0. The molecule has 0 unspecified atom stereocenters. The van der Waals surface area contributed by atoms with E-state index in [9.17, 15) is 4.79 Å². The summed E-state index contributed by atoms with van der Waals surface area (Å²) in [6, 6.07) is 17.6. The van der Waals surface area contributed by atoms with E-state index in [-0.39, 0.29) is 5.91 Å². The first-order chi connectivity index (χ1) is 14.1. The molecule has 1 heterocycles. The maximum Gasteiger partial charge on any atom is 0.251 e. The Labute approximate surface area is 176 Å². The molecule has 0 fully saturated rings. The van der Waals surface area contributed by atoms with Gasteiger partial charge in [-0.25, -0.2) is 4.98 Å². The second-order valence-electron chi connectivity index (χ2n) is 7.00. The van der Waals surface area contributed by atoms with Crippen molar-refractivity contribution in [3.05, 3.63) is 81.8 Å². The van der Waals surface area contributed by atoms with Gasteiger partial charge >= 0.3 is 0 Å². The van der Waals surface area contributed by atoms with E-state index in [1.807, 2.05) is 30.5 Å². The molecule has 0 saturated carbocycles. The molecule has 152 valence electrons. The third kappa shape index (κ3) is 7.00. The average Bonchev–Trinajstić information content (AvgIpc) is 3.16. The van der Waals surface area contributed by atoms with Crippen LogP contribution in [0, 0.1) is 6.92 Å². The Morgan fingerprint density at radius 1 is 1.14 bits per heavy atom. The summed E-state index contributed by atoms with van der Waals surface area (Å²) >= 11 is 1.61. The van der Waals surface area contributed by atoms with Gasteiger partial charge in [0.25, 0.3) is 5.91 Å². The molecule has 1 amide bonds. The predicted molar refractivity (Wildman–Crippen MR) is 117 cm³/mol. The Balaban J connectivity index is 1.35. The normalized spacial score (nSPS) is 10.9. The number of aryl methyl sites for hydroxylation is 1. The molecule has 3 rings (SSSR count). The quantitative estimate of drug-likeness (QED) is 0.508. The van der Waals surface area contributed by atoms with Gasteiger partial charge in [-0.05, 0) is 56.8 Å². The zero-order chi connectivity index (χ0) is 20.5. The minimum Gasteiger partial charge on any atom is -0.487 e. The van der Waals surface area contributed by atoms with Gasteiger partial charge in [-0.3, -0.25) is 4.79 Å². The van der Waals surface area contributed by atoms with E-state index in [4.69, 9.17) is 4.74 Å². The lowest BCUT2D eigenvalue weighted by atomic mass is 10.2. The SMILES string of the molecule is Cc1nc(COc2ccc(C(=O)NCCCN(C)Cc3ccccc3)cc2)cs1. The molecule has 0 atom stereocenters. The fraction of sp³-hybridized carbons (Fsp3) is 0.304. The molecule has 1 N–H and O–H groups in total. The van der Waals surface area contributed by atoms with Crippen LogP contribution in [0.25, 0.3) is 0 Å². The van der Waals surface area contributed by atoms with E-state index in [0.29, 0.717) is 18.7 Å². The summed E-state index contributed by atoms with van der Waals surface area (Å²) in [6.45, 7) is 4.91. The monoisotopic (exact) mass is 409 g/mol. The smallest absolute Gasteiger partial charge is 0.251 e. The summed E-state index contributed by atoms with van der Waals surface area (Å²) in [5.41, 5.74) is 2.86. The second kappa shape index (κ2) is 10.7. The number of thiazole rings is 1. The molecule has 0 spiro atoms. The number of aromatic nitrogens is 1. The largest absolute Gasteiger partial charge is 0.487 e. The van der Waals surface area contributed by atoms with E-state index >= 15 is 0 Å². The number of carbonyl (C=O) groups excluding carboxylic acids is 1. The van der Waals surface area contributed by atoms with E-state index < -0.39 is 0 Å². The van der Waals surface area contributed by atoms with Crippen LogP contribution in [0.3, 0.4) is 0 Å². The fourth-order valence-electron chi connectivity index (χ4n) is 2.96. The Hall–Kier alpha value is -2.70. The van der Waals surface area contributed by atoms with E-state index in [2.05, 4.69) is 46.5 Å². The fourth-order valence-corrected chi connectivity index (χ4v) is 3.56. The van der Waals surface area contributed by atoms with Gasteiger partial charge in [0, 0.05) is 24.0 Å². The summed E-state index contributed by atoms with van der Waals surface area (Å²) in [7, 11) is 2.10. The molecule has 0 radical (unpaired) electrons. The van der Waals surface area contributed by atoms with Crippen molar-refractivity contribution in [3.63, 3.8) is 0 Å². The Kier molecular flexibility index (Phi) is 7.78. The molecule has 0 aliphatic carbocycles. The van der Waals surface area contributed by atoms with Gasteiger partial charge in [-0.15, -0.1) is 11.3 Å². The molecule has 5 nitrogen and oxygen atoms in total. The number of nitrogens with one attached hydrogen (secondary N) is 1. The zero-order valence-electron chi connectivity index (χ0n) is 16.9. The number of amides is 1. The van der Waals surface area contributed by atoms with Crippen LogP contribution in [0.2, 0.25) is 0 Å². The van der Waals surface area contributed by atoms with Crippen LogP contribution < -0.4 is 10.1 Å². The van der Waals surface area contributed by atoms with Crippen LogP contribution in [0.4, 0.5) is 0 Å². The van der Waals surface area contributed by atoms with Crippen LogP contribution in [0.1, 0.15) is 33.0 Å². The molecule has 2 aromatic carbocycles. The molecule has 0 saturated heterocycles. The van der Waals surface area contributed by atoms with Gasteiger partial charge in [0.2, 0.25) is 0 Å². The average molecular weight is 410 g/mol. The highest BCUT2D eigenvalue weighted by molar-refractivity contribution is 7.09. The maximum atomic E-state index is 12.3. The Morgan fingerprint density at radius 3 is 2.59 bits per heavy atom. The van der Waals surface area contributed by atoms with Gasteiger partial charge in [0.05, 0.1) is 10.7 Å². The topological polar surface area (TPSA) is 54.5 Å². The number of ether oxygens (including phenoxy) is 1. The van der Waals surface area contributed by atoms with Crippen molar-refractivity contribution in [1.29, 1.82) is 0 Å². The van der Waals surface area contributed by atoms with Crippen molar-refractivity contribution < 1.29 is 9.53 Å². The standard InChI is InChI=1S/C23H27N3O2S/c1-18-25-21(17-29-18)16-28-22-11-9-20(10-12-22)23(27)24-13-6-14-26(2)15-19-7-4-3-5-8-19/h3-5,7-12,17H,6,13-16H2,1-2H3,(H,24,27). The summed E-state index contributed by atoms with van der Waals surface area (Å²) < 4.78 is 5.72. The van der Waals surface area contributed by atoms with Crippen LogP contribution in [0.15, 0.2) is 60.0 Å². The summed E-state index contributed by atoms with van der Waals surface area (Å²) in [5.74, 6) is 0.673. The number of nitrogens with zero attached hydrogens (tertiary/aromatic N) is 2. The maximum absolute atomic E-state index is 12.3.